The molecule has 1 aliphatic heterocycles. The summed E-state index contributed by atoms with van der Waals surface area (Å²) < 4.78 is 5.34. The number of ether oxygens (including phenoxy) is 1. The van der Waals surface area contributed by atoms with E-state index in [1.807, 2.05) is 18.2 Å². The first-order valence-corrected chi connectivity index (χ1v) is 7.67. The van der Waals surface area contributed by atoms with Crippen LogP contribution in [-0.4, -0.2) is 19.4 Å². The number of carbonyl (C=O) groups is 1. The molecule has 0 amide bonds. The Morgan fingerprint density at radius 2 is 2.05 bits per heavy atom. The fourth-order valence-electron chi connectivity index (χ4n) is 3.24. The number of anilines is 1. The lowest BCUT2D eigenvalue weighted by molar-refractivity contribution is -0.117. The first-order chi connectivity index (χ1) is 10.7. The van der Waals surface area contributed by atoms with Crippen molar-refractivity contribution in [2.45, 2.75) is 25.8 Å². The molecule has 2 aromatic rings. The summed E-state index contributed by atoms with van der Waals surface area (Å²) in [6, 6.07) is 16.6. The minimum Gasteiger partial charge on any atom is -0.497 e. The van der Waals surface area contributed by atoms with Crippen molar-refractivity contribution in [2.24, 2.45) is 0 Å². The smallest absolute Gasteiger partial charge is 0.132 e. The number of carbonyl (C=O) groups excluding carboxylic acids is 1. The lowest BCUT2D eigenvalue weighted by Crippen LogP contribution is -2.36. The molecule has 0 fully saturated rings. The van der Waals surface area contributed by atoms with Crippen molar-refractivity contribution in [3.8, 4) is 5.75 Å². The van der Waals surface area contributed by atoms with E-state index in [0.717, 1.165) is 24.4 Å². The Morgan fingerprint density at radius 1 is 1.23 bits per heavy atom. The highest BCUT2D eigenvalue weighted by molar-refractivity contribution is 5.77. The fourth-order valence-corrected chi connectivity index (χ4v) is 3.24. The van der Waals surface area contributed by atoms with Crippen molar-refractivity contribution >= 4 is 11.5 Å². The quantitative estimate of drug-likeness (QED) is 0.859. The second-order valence-electron chi connectivity index (χ2n) is 5.77. The second-order valence-corrected chi connectivity index (χ2v) is 5.77. The molecule has 0 aliphatic carbocycles. The maximum absolute atomic E-state index is 11.8. The van der Waals surface area contributed by atoms with Crippen LogP contribution in [0.15, 0.2) is 48.5 Å². The Kier molecular flexibility index (Phi) is 4.14. The van der Waals surface area contributed by atoms with Crippen LogP contribution in [-0.2, 0) is 11.2 Å². The standard InChI is InChI=1S/C19H21NO2/c1-14(21)12-19-18-9-4-3-6-15(18)10-11-20(19)16-7-5-8-17(13-16)22-2/h3-9,13,19H,10-12H2,1-2H3. The van der Waals surface area contributed by atoms with Gasteiger partial charge >= 0.3 is 0 Å². The largest absolute Gasteiger partial charge is 0.497 e. The van der Waals surface area contributed by atoms with E-state index in [4.69, 9.17) is 4.74 Å². The number of nitrogens with zero attached hydrogens (tertiary/aromatic N) is 1. The van der Waals surface area contributed by atoms with E-state index in [-0.39, 0.29) is 11.8 Å². The summed E-state index contributed by atoms with van der Waals surface area (Å²) in [6.07, 6.45) is 1.54. The molecule has 0 N–H and O–H groups in total. The summed E-state index contributed by atoms with van der Waals surface area (Å²) in [5.41, 5.74) is 3.74. The molecule has 3 rings (SSSR count). The number of rotatable bonds is 4. The van der Waals surface area contributed by atoms with Crippen LogP contribution < -0.4 is 9.64 Å². The molecule has 3 heteroatoms. The predicted octanol–water partition coefficient (Wildman–Crippen LogP) is 3.78. The van der Waals surface area contributed by atoms with Gasteiger partial charge in [0.25, 0.3) is 0 Å². The van der Waals surface area contributed by atoms with Gasteiger partial charge in [-0.15, -0.1) is 0 Å². The molecule has 1 atom stereocenters. The van der Waals surface area contributed by atoms with Gasteiger partial charge in [0.15, 0.2) is 0 Å². The Labute approximate surface area is 131 Å². The molecule has 0 aromatic heterocycles. The molecule has 0 saturated carbocycles. The van der Waals surface area contributed by atoms with Crippen LogP contribution in [0.25, 0.3) is 0 Å². The van der Waals surface area contributed by atoms with Gasteiger partial charge in [0, 0.05) is 24.7 Å². The number of hydrogen-bond donors (Lipinski definition) is 0. The molecule has 1 heterocycles. The zero-order valence-electron chi connectivity index (χ0n) is 13.1. The van der Waals surface area contributed by atoms with E-state index in [0.29, 0.717) is 6.42 Å². The normalized spacial score (nSPS) is 17.0. The zero-order chi connectivity index (χ0) is 15.5. The summed E-state index contributed by atoms with van der Waals surface area (Å²) in [5, 5.41) is 0. The van der Waals surface area contributed by atoms with Crippen molar-refractivity contribution in [1.82, 2.24) is 0 Å². The summed E-state index contributed by atoms with van der Waals surface area (Å²) in [6.45, 7) is 2.59. The summed E-state index contributed by atoms with van der Waals surface area (Å²) in [7, 11) is 1.68. The third-order valence-electron chi connectivity index (χ3n) is 4.28. The molecule has 1 unspecified atom stereocenters. The van der Waals surface area contributed by atoms with E-state index in [9.17, 15) is 4.79 Å². The Morgan fingerprint density at radius 3 is 2.82 bits per heavy atom. The predicted molar refractivity (Wildman–Crippen MR) is 88.5 cm³/mol. The first-order valence-electron chi connectivity index (χ1n) is 7.67. The third-order valence-corrected chi connectivity index (χ3v) is 4.28. The average molecular weight is 295 g/mol. The van der Waals surface area contributed by atoms with E-state index in [1.54, 1.807) is 14.0 Å². The molecular formula is C19H21NO2. The highest BCUT2D eigenvalue weighted by atomic mass is 16.5. The van der Waals surface area contributed by atoms with Crippen molar-refractivity contribution in [3.05, 3.63) is 59.7 Å². The van der Waals surface area contributed by atoms with Crippen LogP contribution in [0, 0.1) is 0 Å². The SMILES string of the molecule is COc1cccc(N2CCc3ccccc3C2CC(C)=O)c1. The lowest BCUT2D eigenvalue weighted by Gasteiger charge is -2.39. The number of ketones is 1. The zero-order valence-corrected chi connectivity index (χ0v) is 13.1. The van der Waals surface area contributed by atoms with Crippen molar-refractivity contribution in [1.29, 1.82) is 0 Å². The topological polar surface area (TPSA) is 29.5 Å². The highest BCUT2D eigenvalue weighted by Crippen LogP contribution is 2.36. The third kappa shape index (κ3) is 2.84. The molecule has 0 spiro atoms. The maximum atomic E-state index is 11.8. The number of Topliss-reactive ketones (excluding diaryl/α,β-unsaturated/α-hetero) is 1. The molecule has 114 valence electrons. The lowest BCUT2D eigenvalue weighted by atomic mass is 9.89. The molecule has 0 saturated heterocycles. The minimum atomic E-state index is 0.106. The van der Waals surface area contributed by atoms with E-state index in [2.05, 4.69) is 35.2 Å². The summed E-state index contributed by atoms with van der Waals surface area (Å²) in [4.78, 5) is 14.1. The van der Waals surface area contributed by atoms with Gasteiger partial charge in [-0.25, -0.2) is 0 Å². The Bertz CT molecular complexity index is 681. The maximum Gasteiger partial charge on any atom is 0.132 e. The van der Waals surface area contributed by atoms with Crippen LogP contribution in [0.3, 0.4) is 0 Å². The molecule has 0 radical (unpaired) electrons. The minimum absolute atomic E-state index is 0.106. The molecule has 22 heavy (non-hydrogen) atoms. The van der Waals surface area contributed by atoms with Gasteiger partial charge in [-0.05, 0) is 36.6 Å². The first kappa shape index (κ1) is 14.6. The van der Waals surface area contributed by atoms with Crippen molar-refractivity contribution in [3.63, 3.8) is 0 Å². The Balaban J connectivity index is 2.01. The Hall–Kier alpha value is -2.29. The van der Waals surface area contributed by atoms with Gasteiger partial charge in [0.1, 0.15) is 11.5 Å². The van der Waals surface area contributed by atoms with Crippen LogP contribution in [0.5, 0.6) is 5.75 Å². The molecule has 1 aliphatic rings. The van der Waals surface area contributed by atoms with E-state index >= 15 is 0 Å². The van der Waals surface area contributed by atoms with E-state index < -0.39 is 0 Å². The van der Waals surface area contributed by atoms with Crippen LogP contribution in [0.1, 0.15) is 30.5 Å². The van der Waals surface area contributed by atoms with Gasteiger partial charge in [-0.1, -0.05) is 30.3 Å². The number of methoxy groups -OCH3 is 1. The number of benzene rings is 2. The summed E-state index contributed by atoms with van der Waals surface area (Å²) in [5.74, 6) is 1.06. The van der Waals surface area contributed by atoms with Crippen LogP contribution in [0.2, 0.25) is 0 Å². The fraction of sp³-hybridized carbons (Fsp3) is 0.316. The molecule has 0 bridgehead atoms. The van der Waals surface area contributed by atoms with Gasteiger partial charge in [0.05, 0.1) is 13.2 Å². The van der Waals surface area contributed by atoms with Gasteiger partial charge in [-0.3, -0.25) is 4.79 Å². The second kappa shape index (κ2) is 6.22. The van der Waals surface area contributed by atoms with E-state index in [1.165, 1.54) is 11.1 Å². The molecule has 2 aromatic carbocycles. The van der Waals surface area contributed by atoms with Gasteiger partial charge in [-0.2, -0.15) is 0 Å². The van der Waals surface area contributed by atoms with Gasteiger partial charge in [0.2, 0.25) is 0 Å². The number of hydrogen-bond acceptors (Lipinski definition) is 3. The number of fused-ring (bicyclic) bond motifs is 1. The monoisotopic (exact) mass is 295 g/mol. The van der Waals surface area contributed by atoms with Crippen LogP contribution in [0.4, 0.5) is 5.69 Å². The average Bonchev–Trinajstić information content (AvgIpc) is 2.55. The molecular weight excluding hydrogens is 274 g/mol. The van der Waals surface area contributed by atoms with Crippen molar-refractivity contribution in [2.75, 3.05) is 18.6 Å². The highest BCUT2D eigenvalue weighted by Gasteiger charge is 2.28. The van der Waals surface area contributed by atoms with Crippen LogP contribution >= 0.6 is 0 Å². The molecule has 3 nitrogen and oxygen atoms in total. The summed E-state index contributed by atoms with van der Waals surface area (Å²) >= 11 is 0. The van der Waals surface area contributed by atoms with Gasteiger partial charge < -0.3 is 9.64 Å². The van der Waals surface area contributed by atoms with Crippen molar-refractivity contribution < 1.29 is 9.53 Å².